The van der Waals surface area contributed by atoms with E-state index in [2.05, 4.69) is 6.92 Å². The van der Waals surface area contributed by atoms with E-state index in [0.717, 1.165) is 6.42 Å². The van der Waals surface area contributed by atoms with Gasteiger partial charge in [0.1, 0.15) is 5.75 Å². The molecular formula is C13H19NO2. The first-order valence-electron chi connectivity index (χ1n) is 5.76. The van der Waals surface area contributed by atoms with E-state index in [0.29, 0.717) is 12.4 Å². The third kappa shape index (κ3) is 4.34. The zero-order valence-corrected chi connectivity index (χ0v) is 9.74. The van der Waals surface area contributed by atoms with Crippen molar-refractivity contribution >= 4 is 5.69 Å². The van der Waals surface area contributed by atoms with E-state index in [1.807, 2.05) is 0 Å². The van der Waals surface area contributed by atoms with Crippen molar-refractivity contribution in [2.24, 2.45) is 0 Å². The fourth-order valence-electron chi connectivity index (χ4n) is 1.38. The second-order valence-corrected chi connectivity index (χ2v) is 3.80. The van der Waals surface area contributed by atoms with Crippen molar-refractivity contribution in [1.29, 1.82) is 0 Å². The number of ether oxygens (including phenoxy) is 1. The molecule has 0 aliphatic carbocycles. The van der Waals surface area contributed by atoms with Crippen molar-refractivity contribution in [3.05, 3.63) is 34.5 Å². The van der Waals surface area contributed by atoms with Crippen molar-refractivity contribution in [1.82, 2.24) is 0 Å². The van der Waals surface area contributed by atoms with E-state index in [-0.39, 0.29) is 11.1 Å². The molecule has 0 aliphatic heterocycles. The van der Waals surface area contributed by atoms with Crippen molar-refractivity contribution in [2.45, 2.75) is 32.6 Å². The summed E-state index contributed by atoms with van der Waals surface area (Å²) >= 11 is 0. The summed E-state index contributed by atoms with van der Waals surface area (Å²) < 4.78 is 5.53. The molecule has 2 N–H and O–H groups in total. The summed E-state index contributed by atoms with van der Waals surface area (Å²) in [5.74, 6) is 0.699. The van der Waals surface area contributed by atoms with E-state index < -0.39 is 0 Å². The van der Waals surface area contributed by atoms with Crippen molar-refractivity contribution in [3.8, 4) is 5.75 Å². The van der Waals surface area contributed by atoms with Gasteiger partial charge in [-0.3, -0.25) is 4.79 Å². The van der Waals surface area contributed by atoms with Gasteiger partial charge in [-0.2, -0.15) is 0 Å². The van der Waals surface area contributed by atoms with Crippen LogP contribution in [-0.4, -0.2) is 6.61 Å². The molecule has 0 spiro atoms. The first-order chi connectivity index (χ1) is 7.74. The molecule has 0 saturated carbocycles. The predicted molar refractivity (Wildman–Crippen MR) is 66.8 cm³/mol. The molecule has 0 amide bonds. The molecule has 88 valence electrons. The number of nitrogens with two attached hydrogens (primary N) is 1. The molecule has 1 aromatic rings. The molecule has 16 heavy (non-hydrogen) atoms. The lowest BCUT2D eigenvalue weighted by molar-refractivity contribution is 0.305. The fourth-order valence-corrected chi connectivity index (χ4v) is 1.38. The average molecular weight is 221 g/mol. The van der Waals surface area contributed by atoms with Crippen LogP contribution in [0, 0.1) is 0 Å². The molecule has 0 radical (unpaired) electrons. The Bertz CT molecular complexity index is 377. The van der Waals surface area contributed by atoms with Gasteiger partial charge in [0.05, 0.1) is 12.3 Å². The Hall–Kier alpha value is -1.51. The summed E-state index contributed by atoms with van der Waals surface area (Å²) in [4.78, 5) is 11.2. The van der Waals surface area contributed by atoms with Gasteiger partial charge in [0.2, 0.25) is 5.43 Å². The van der Waals surface area contributed by atoms with E-state index >= 15 is 0 Å². The van der Waals surface area contributed by atoms with E-state index in [1.165, 1.54) is 25.3 Å². The van der Waals surface area contributed by atoms with Crippen molar-refractivity contribution in [3.63, 3.8) is 0 Å². The van der Waals surface area contributed by atoms with Gasteiger partial charge in [-0.1, -0.05) is 26.2 Å². The predicted octanol–water partition coefficient (Wildman–Crippen LogP) is 2.59. The van der Waals surface area contributed by atoms with Gasteiger partial charge >= 0.3 is 0 Å². The van der Waals surface area contributed by atoms with Crippen molar-refractivity contribution < 1.29 is 4.74 Å². The zero-order valence-electron chi connectivity index (χ0n) is 9.74. The van der Waals surface area contributed by atoms with Crippen LogP contribution >= 0.6 is 0 Å². The van der Waals surface area contributed by atoms with Crippen LogP contribution in [0.15, 0.2) is 29.1 Å². The summed E-state index contributed by atoms with van der Waals surface area (Å²) in [5, 5.41) is 0. The summed E-state index contributed by atoms with van der Waals surface area (Å²) in [6.45, 7) is 2.87. The third-order valence-corrected chi connectivity index (χ3v) is 2.38. The summed E-state index contributed by atoms with van der Waals surface area (Å²) in [7, 11) is 0. The highest BCUT2D eigenvalue weighted by atomic mass is 16.5. The summed E-state index contributed by atoms with van der Waals surface area (Å²) in [6, 6.07) is 6.43. The number of anilines is 1. The Balaban J connectivity index is 2.43. The maximum Gasteiger partial charge on any atom is 0.201 e. The highest BCUT2D eigenvalue weighted by Crippen LogP contribution is 2.09. The Kier molecular flexibility index (Phi) is 5.40. The standard InChI is InChI=1S/C13H19NO2/c1-2-3-4-5-10-16-11-6-8-12(14)13(15)9-7-11/h6-9H,2-5,10H2,1H3,(H2,14,15). The molecule has 0 bridgehead atoms. The SMILES string of the molecule is CCCCCCOc1ccc(N)c(=O)cc1. The minimum Gasteiger partial charge on any atom is -0.494 e. The molecule has 0 aromatic heterocycles. The molecule has 0 heterocycles. The Morgan fingerprint density at radius 1 is 1.12 bits per heavy atom. The maximum atomic E-state index is 11.2. The molecule has 3 nitrogen and oxygen atoms in total. The van der Waals surface area contributed by atoms with Crippen LogP contribution < -0.4 is 15.9 Å². The Labute approximate surface area is 96.2 Å². The van der Waals surface area contributed by atoms with Gasteiger partial charge in [-0.25, -0.2) is 0 Å². The Morgan fingerprint density at radius 2 is 1.88 bits per heavy atom. The number of unbranched alkanes of at least 4 members (excludes halogenated alkanes) is 3. The molecule has 0 unspecified atom stereocenters. The molecule has 0 fully saturated rings. The van der Waals surface area contributed by atoms with Gasteiger partial charge < -0.3 is 10.5 Å². The van der Waals surface area contributed by atoms with Gasteiger partial charge in [0, 0.05) is 0 Å². The van der Waals surface area contributed by atoms with Crippen LogP contribution in [0.2, 0.25) is 0 Å². The van der Waals surface area contributed by atoms with Crippen LogP contribution in [0.25, 0.3) is 0 Å². The average Bonchev–Trinajstić information content (AvgIpc) is 2.44. The fraction of sp³-hybridized carbons (Fsp3) is 0.462. The number of rotatable bonds is 6. The van der Waals surface area contributed by atoms with Crippen LogP contribution in [0.3, 0.4) is 0 Å². The zero-order chi connectivity index (χ0) is 11.8. The third-order valence-electron chi connectivity index (χ3n) is 2.38. The van der Waals surface area contributed by atoms with E-state index in [9.17, 15) is 4.79 Å². The minimum absolute atomic E-state index is 0.166. The second kappa shape index (κ2) is 6.88. The van der Waals surface area contributed by atoms with Gasteiger partial charge in [-0.15, -0.1) is 0 Å². The highest BCUT2D eigenvalue weighted by molar-refractivity contribution is 5.39. The van der Waals surface area contributed by atoms with Crippen molar-refractivity contribution in [2.75, 3.05) is 12.3 Å². The quantitative estimate of drug-likeness (QED) is 0.751. The smallest absolute Gasteiger partial charge is 0.201 e. The van der Waals surface area contributed by atoms with Crippen LogP contribution in [-0.2, 0) is 0 Å². The first-order valence-corrected chi connectivity index (χ1v) is 5.76. The topological polar surface area (TPSA) is 52.3 Å². The molecular weight excluding hydrogens is 202 g/mol. The number of nitrogen functional groups attached to an aromatic ring is 1. The monoisotopic (exact) mass is 221 g/mol. The van der Waals surface area contributed by atoms with Crippen LogP contribution in [0.5, 0.6) is 5.75 Å². The lowest BCUT2D eigenvalue weighted by Gasteiger charge is -2.03. The minimum atomic E-state index is -0.166. The van der Waals surface area contributed by atoms with Gasteiger partial charge in [-0.05, 0) is 30.7 Å². The van der Waals surface area contributed by atoms with E-state index in [4.69, 9.17) is 10.5 Å². The lowest BCUT2D eigenvalue weighted by atomic mass is 10.2. The molecule has 1 aromatic carbocycles. The maximum absolute atomic E-state index is 11.2. The Morgan fingerprint density at radius 3 is 2.62 bits per heavy atom. The van der Waals surface area contributed by atoms with Gasteiger partial charge in [0.25, 0.3) is 0 Å². The number of hydrogen-bond donors (Lipinski definition) is 1. The summed E-state index contributed by atoms with van der Waals surface area (Å²) in [5.41, 5.74) is 5.58. The van der Waals surface area contributed by atoms with Crippen LogP contribution in [0.4, 0.5) is 5.69 Å². The molecule has 0 saturated heterocycles. The molecule has 1 rings (SSSR count). The molecule has 0 atom stereocenters. The first kappa shape index (κ1) is 12.6. The number of hydrogen-bond acceptors (Lipinski definition) is 3. The van der Waals surface area contributed by atoms with E-state index in [1.54, 1.807) is 18.2 Å². The second-order valence-electron chi connectivity index (χ2n) is 3.80. The molecule has 0 aliphatic rings. The van der Waals surface area contributed by atoms with Gasteiger partial charge in [0.15, 0.2) is 0 Å². The highest BCUT2D eigenvalue weighted by Gasteiger charge is 1.94. The normalized spacial score (nSPS) is 10.1. The molecule has 3 heteroatoms. The summed E-state index contributed by atoms with van der Waals surface area (Å²) in [6.07, 6.45) is 4.69. The largest absolute Gasteiger partial charge is 0.494 e. The lowest BCUT2D eigenvalue weighted by Crippen LogP contribution is -2.01. The van der Waals surface area contributed by atoms with Crippen LogP contribution in [0.1, 0.15) is 32.6 Å².